The van der Waals surface area contributed by atoms with Crippen LogP contribution in [0, 0.1) is 17.0 Å². The van der Waals surface area contributed by atoms with Gasteiger partial charge in [0, 0.05) is 24.9 Å². The number of anilines is 1. The standard InChI is InChI=1S/C17H16N4O3S/c1-11-3-5-12(6-4-11)18-16(22)10-25-17-19-14-9-13(21(23)24)7-8-15(14)20(17)2/h3-9H,10H2,1-2H3,(H,18,22). The van der Waals surface area contributed by atoms with Gasteiger partial charge in [0.2, 0.25) is 5.91 Å². The Hall–Kier alpha value is -2.87. The van der Waals surface area contributed by atoms with Crippen LogP contribution in [-0.2, 0) is 11.8 Å². The van der Waals surface area contributed by atoms with E-state index in [0.29, 0.717) is 10.7 Å². The molecule has 8 heteroatoms. The van der Waals surface area contributed by atoms with Crippen molar-refractivity contribution in [1.82, 2.24) is 9.55 Å². The van der Waals surface area contributed by atoms with Crippen molar-refractivity contribution in [3.63, 3.8) is 0 Å². The average molecular weight is 356 g/mol. The van der Waals surface area contributed by atoms with Crippen molar-refractivity contribution in [2.45, 2.75) is 12.1 Å². The lowest BCUT2D eigenvalue weighted by Gasteiger charge is -2.05. The summed E-state index contributed by atoms with van der Waals surface area (Å²) in [7, 11) is 1.82. The van der Waals surface area contributed by atoms with Crippen molar-refractivity contribution in [2.75, 3.05) is 11.1 Å². The molecule has 0 fully saturated rings. The lowest BCUT2D eigenvalue weighted by atomic mass is 10.2. The number of aryl methyl sites for hydroxylation is 2. The van der Waals surface area contributed by atoms with E-state index in [1.165, 1.54) is 23.9 Å². The highest BCUT2D eigenvalue weighted by Crippen LogP contribution is 2.26. The predicted octanol–water partition coefficient (Wildman–Crippen LogP) is 3.52. The summed E-state index contributed by atoms with van der Waals surface area (Å²) in [4.78, 5) is 26.9. The minimum absolute atomic E-state index is 0.000681. The Balaban J connectivity index is 1.70. The lowest BCUT2D eigenvalue weighted by Crippen LogP contribution is -2.14. The van der Waals surface area contributed by atoms with Crippen molar-refractivity contribution in [1.29, 1.82) is 0 Å². The number of non-ortho nitro benzene ring substituents is 1. The number of hydrogen-bond acceptors (Lipinski definition) is 5. The Morgan fingerprint density at radius 2 is 2.00 bits per heavy atom. The van der Waals surface area contributed by atoms with Crippen LogP contribution in [0.3, 0.4) is 0 Å². The lowest BCUT2D eigenvalue weighted by molar-refractivity contribution is -0.384. The molecular weight excluding hydrogens is 340 g/mol. The number of benzene rings is 2. The maximum absolute atomic E-state index is 12.1. The molecule has 25 heavy (non-hydrogen) atoms. The summed E-state index contributed by atoms with van der Waals surface area (Å²) in [5.74, 6) is 0.0690. The zero-order valence-corrected chi connectivity index (χ0v) is 14.5. The highest BCUT2D eigenvalue weighted by atomic mass is 32.2. The largest absolute Gasteiger partial charge is 0.325 e. The van der Waals surface area contributed by atoms with Gasteiger partial charge in [-0.3, -0.25) is 14.9 Å². The molecule has 0 spiro atoms. The van der Waals surface area contributed by atoms with Crippen molar-refractivity contribution < 1.29 is 9.72 Å². The van der Waals surface area contributed by atoms with E-state index < -0.39 is 4.92 Å². The minimum atomic E-state index is -0.448. The molecule has 0 aliphatic carbocycles. The Morgan fingerprint density at radius 3 is 2.68 bits per heavy atom. The Labute approximate surface area is 148 Å². The van der Waals surface area contributed by atoms with Crippen LogP contribution in [0.4, 0.5) is 11.4 Å². The summed E-state index contributed by atoms with van der Waals surface area (Å²) < 4.78 is 1.82. The second-order valence-electron chi connectivity index (χ2n) is 5.59. The molecule has 0 saturated carbocycles. The number of nitro benzene ring substituents is 1. The average Bonchev–Trinajstić information content (AvgIpc) is 2.90. The molecule has 128 valence electrons. The summed E-state index contributed by atoms with van der Waals surface area (Å²) >= 11 is 1.29. The Kier molecular flexibility index (Phi) is 4.71. The van der Waals surface area contributed by atoms with Gasteiger partial charge in [0.1, 0.15) is 0 Å². The third-order valence-electron chi connectivity index (χ3n) is 3.70. The van der Waals surface area contributed by atoms with Crippen molar-refractivity contribution in [3.05, 3.63) is 58.1 Å². The van der Waals surface area contributed by atoms with Crippen LogP contribution in [0.15, 0.2) is 47.6 Å². The van der Waals surface area contributed by atoms with Gasteiger partial charge in [-0.1, -0.05) is 29.5 Å². The monoisotopic (exact) mass is 356 g/mol. The van der Waals surface area contributed by atoms with E-state index in [9.17, 15) is 14.9 Å². The molecule has 0 radical (unpaired) electrons. The molecular formula is C17H16N4O3S. The van der Waals surface area contributed by atoms with E-state index in [1.54, 1.807) is 6.07 Å². The number of amides is 1. The zero-order chi connectivity index (χ0) is 18.0. The Morgan fingerprint density at radius 1 is 1.28 bits per heavy atom. The first-order valence-electron chi connectivity index (χ1n) is 7.54. The van der Waals surface area contributed by atoms with Gasteiger partial charge in [0.05, 0.1) is 21.7 Å². The van der Waals surface area contributed by atoms with Crippen LogP contribution >= 0.6 is 11.8 Å². The molecule has 1 N–H and O–H groups in total. The van der Waals surface area contributed by atoms with Crippen molar-refractivity contribution in [2.24, 2.45) is 7.05 Å². The van der Waals surface area contributed by atoms with E-state index in [1.807, 2.05) is 42.8 Å². The number of nitrogens with zero attached hydrogens (tertiary/aromatic N) is 3. The number of aromatic nitrogens is 2. The number of nitro groups is 1. The van der Waals surface area contributed by atoms with Gasteiger partial charge >= 0.3 is 0 Å². The van der Waals surface area contributed by atoms with Crippen LogP contribution in [0.5, 0.6) is 0 Å². The number of carbonyl (C=O) groups is 1. The molecule has 0 unspecified atom stereocenters. The first-order valence-corrected chi connectivity index (χ1v) is 8.53. The summed E-state index contributed by atoms with van der Waals surface area (Å²) in [5, 5.41) is 14.3. The van der Waals surface area contributed by atoms with E-state index >= 15 is 0 Å². The van der Waals surface area contributed by atoms with Gasteiger partial charge in [-0.05, 0) is 25.1 Å². The van der Waals surface area contributed by atoms with Gasteiger partial charge in [-0.15, -0.1) is 0 Å². The van der Waals surface area contributed by atoms with E-state index in [4.69, 9.17) is 0 Å². The maximum atomic E-state index is 12.1. The van der Waals surface area contributed by atoms with E-state index in [0.717, 1.165) is 16.8 Å². The molecule has 0 bridgehead atoms. The highest BCUT2D eigenvalue weighted by molar-refractivity contribution is 7.99. The minimum Gasteiger partial charge on any atom is -0.325 e. The van der Waals surface area contributed by atoms with Gasteiger partial charge in [-0.25, -0.2) is 4.98 Å². The van der Waals surface area contributed by atoms with Crippen LogP contribution in [0.1, 0.15) is 5.56 Å². The number of fused-ring (bicyclic) bond motifs is 1. The summed E-state index contributed by atoms with van der Waals surface area (Å²) in [6.07, 6.45) is 0. The fourth-order valence-corrected chi connectivity index (χ4v) is 3.16. The zero-order valence-electron chi connectivity index (χ0n) is 13.7. The number of carbonyl (C=O) groups excluding carboxylic acids is 1. The van der Waals surface area contributed by atoms with E-state index in [-0.39, 0.29) is 17.3 Å². The number of nitrogens with one attached hydrogen (secondary N) is 1. The smallest absolute Gasteiger partial charge is 0.271 e. The quantitative estimate of drug-likeness (QED) is 0.429. The van der Waals surface area contributed by atoms with E-state index in [2.05, 4.69) is 10.3 Å². The molecule has 0 saturated heterocycles. The summed E-state index contributed by atoms with van der Waals surface area (Å²) in [6.45, 7) is 1.98. The topological polar surface area (TPSA) is 90.1 Å². The number of rotatable bonds is 5. The predicted molar refractivity (Wildman–Crippen MR) is 97.9 cm³/mol. The third-order valence-corrected chi connectivity index (χ3v) is 4.73. The number of imidazole rings is 1. The number of hydrogen-bond donors (Lipinski definition) is 1. The molecule has 3 aromatic rings. The molecule has 7 nitrogen and oxygen atoms in total. The molecule has 1 heterocycles. The van der Waals surface area contributed by atoms with Crippen LogP contribution in [0.25, 0.3) is 11.0 Å². The Bertz CT molecular complexity index is 950. The molecule has 0 atom stereocenters. The van der Waals surface area contributed by atoms with Gasteiger partial charge in [0.25, 0.3) is 5.69 Å². The normalized spacial score (nSPS) is 10.8. The van der Waals surface area contributed by atoms with Crippen LogP contribution in [0.2, 0.25) is 0 Å². The van der Waals surface area contributed by atoms with Crippen LogP contribution < -0.4 is 5.32 Å². The fourth-order valence-electron chi connectivity index (χ4n) is 2.37. The first-order chi connectivity index (χ1) is 11.9. The second-order valence-corrected chi connectivity index (χ2v) is 6.53. The second kappa shape index (κ2) is 6.94. The maximum Gasteiger partial charge on any atom is 0.271 e. The molecule has 0 aliphatic heterocycles. The van der Waals surface area contributed by atoms with Crippen molar-refractivity contribution in [3.8, 4) is 0 Å². The van der Waals surface area contributed by atoms with Crippen molar-refractivity contribution >= 4 is 40.1 Å². The first kappa shape index (κ1) is 17.0. The number of thioether (sulfide) groups is 1. The van der Waals surface area contributed by atoms with Gasteiger partial charge in [-0.2, -0.15) is 0 Å². The SMILES string of the molecule is Cc1ccc(NC(=O)CSc2nc3cc([N+](=O)[O-])ccc3n2C)cc1. The molecule has 3 rings (SSSR count). The molecule has 1 amide bonds. The third kappa shape index (κ3) is 3.80. The highest BCUT2D eigenvalue weighted by Gasteiger charge is 2.14. The molecule has 2 aromatic carbocycles. The summed E-state index contributed by atoms with van der Waals surface area (Å²) in [5.41, 5.74) is 3.20. The van der Waals surface area contributed by atoms with Gasteiger partial charge in [0.15, 0.2) is 5.16 Å². The molecule has 1 aromatic heterocycles. The molecule has 0 aliphatic rings. The van der Waals surface area contributed by atoms with Gasteiger partial charge < -0.3 is 9.88 Å². The van der Waals surface area contributed by atoms with Crippen LogP contribution in [-0.4, -0.2) is 26.1 Å². The summed E-state index contributed by atoms with van der Waals surface area (Å²) in [6, 6.07) is 12.1. The fraction of sp³-hybridized carbons (Fsp3) is 0.176.